The standard InChI is InChI=1S/C15H19N3O3/c19-15(17-9-4-10-17)12-5-6-13(14(11-12)18(20)21)16-7-2-1-3-8-16/h5-6,11H,1-4,7-10H2. The number of nitro groups is 1. The van der Waals surface area contributed by atoms with Gasteiger partial charge in [-0.05, 0) is 37.8 Å². The zero-order valence-corrected chi connectivity index (χ0v) is 12.0. The highest BCUT2D eigenvalue weighted by molar-refractivity contribution is 5.96. The van der Waals surface area contributed by atoms with Crippen LogP contribution < -0.4 is 4.90 Å². The molecule has 0 saturated carbocycles. The van der Waals surface area contributed by atoms with Crippen LogP contribution >= 0.6 is 0 Å². The van der Waals surface area contributed by atoms with Crippen molar-refractivity contribution in [2.24, 2.45) is 0 Å². The molecule has 2 heterocycles. The monoisotopic (exact) mass is 289 g/mol. The van der Waals surface area contributed by atoms with Crippen molar-refractivity contribution in [1.29, 1.82) is 0 Å². The lowest BCUT2D eigenvalue weighted by Crippen LogP contribution is -2.42. The van der Waals surface area contributed by atoms with Gasteiger partial charge >= 0.3 is 0 Å². The lowest BCUT2D eigenvalue weighted by atomic mass is 10.1. The Morgan fingerprint density at radius 3 is 2.33 bits per heavy atom. The van der Waals surface area contributed by atoms with Crippen molar-refractivity contribution in [3.63, 3.8) is 0 Å². The van der Waals surface area contributed by atoms with Crippen LogP contribution in [0.5, 0.6) is 0 Å². The van der Waals surface area contributed by atoms with Gasteiger partial charge in [0.15, 0.2) is 0 Å². The Hall–Kier alpha value is -2.11. The predicted octanol–water partition coefficient (Wildman–Crippen LogP) is 2.43. The fourth-order valence-electron chi connectivity index (χ4n) is 2.91. The number of nitrogens with zero attached hydrogens (tertiary/aromatic N) is 3. The third kappa shape index (κ3) is 2.70. The van der Waals surface area contributed by atoms with E-state index in [2.05, 4.69) is 4.90 Å². The van der Waals surface area contributed by atoms with Crippen molar-refractivity contribution in [1.82, 2.24) is 4.90 Å². The minimum absolute atomic E-state index is 0.0447. The summed E-state index contributed by atoms with van der Waals surface area (Å²) in [5.74, 6) is -0.102. The van der Waals surface area contributed by atoms with Gasteiger partial charge in [-0.1, -0.05) is 0 Å². The molecular formula is C15H19N3O3. The Morgan fingerprint density at radius 1 is 1.05 bits per heavy atom. The van der Waals surface area contributed by atoms with Crippen LogP contribution in [0.1, 0.15) is 36.0 Å². The van der Waals surface area contributed by atoms with Gasteiger partial charge in [0.1, 0.15) is 5.69 Å². The fraction of sp³-hybridized carbons (Fsp3) is 0.533. The zero-order chi connectivity index (χ0) is 14.8. The molecule has 6 nitrogen and oxygen atoms in total. The average Bonchev–Trinajstić information content (AvgIpc) is 2.45. The third-order valence-corrected chi connectivity index (χ3v) is 4.26. The van der Waals surface area contributed by atoms with Crippen LogP contribution in [0.4, 0.5) is 11.4 Å². The molecule has 1 amide bonds. The van der Waals surface area contributed by atoms with E-state index in [1.54, 1.807) is 17.0 Å². The van der Waals surface area contributed by atoms with Crippen molar-refractivity contribution in [3.05, 3.63) is 33.9 Å². The number of carbonyl (C=O) groups is 1. The first-order chi connectivity index (χ1) is 10.2. The summed E-state index contributed by atoms with van der Waals surface area (Å²) in [6, 6.07) is 4.89. The summed E-state index contributed by atoms with van der Waals surface area (Å²) < 4.78 is 0. The van der Waals surface area contributed by atoms with E-state index in [1.807, 2.05) is 0 Å². The van der Waals surface area contributed by atoms with Crippen molar-refractivity contribution in [3.8, 4) is 0 Å². The number of nitro benzene ring substituents is 1. The Bertz CT molecular complexity index is 563. The Balaban J connectivity index is 1.90. The van der Waals surface area contributed by atoms with Gasteiger partial charge in [-0.15, -0.1) is 0 Å². The van der Waals surface area contributed by atoms with Crippen molar-refractivity contribution >= 4 is 17.3 Å². The molecule has 0 atom stereocenters. The van der Waals surface area contributed by atoms with Gasteiger partial charge in [-0.2, -0.15) is 0 Å². The van der Waals surface area contributed by atoms with Gasteiger partial charge in [-0.3, -0.25) is 14.9 Å². The Morgan fingerprint density at radius 2 is 1.76 bits per heavy atom. The second kappa shape index (κ2) is 5.71. The topological polar surface area (TPSA) is 66.7 Å². The molecule has 0 radical (unpaired) electrons. The first kappa shape index (κ1) is 13.9. The van der Waals surface area contributed by atoms with Gasteiger partial charge in [0.2, 0.25) is 0 Å². The molecule has 2 saturated heterocycles. The summed E-state index contributed by atoms with van der Waals surface area (Å²) in [4.78, 5) is 26.9. The van der Waals surface area contributed by atoms with Gasteiger partial charge in [0, 0.05) is 37.8 Å². The summed E-state index contributed by atoms with van der Waals surface area (Å²) >= 11 is 0. The van der Waals surface area contributed by atoms with Crippen molar-refractivity contribution in [2.75, 3.05) is 31.1 Å². The maximum atomic E-state index is 12.2. The van der Waals surface area contributed by atoms with Crippen molar-refractivity contribution in [2.45, 2.75) is 25.7 Å². The van der Waals surface area contributed by atoms with Crippen LogP contribution in [-0.2, 0) is 0 Å². The van der Waals surface area contributed by atoms with Crippen LogP contribution in [0.2, 0.25) is 0 Å². The molecule has 21 heavy (non-hydrogen) atoms. The normalized spacial score (nSPS) is 18.3. The highest BCUT2D eigenvalue weighted by atomic mass is 16.6. The number of amides is 1. The molecule has 0 spiro atoms. The second-order valence-electron chi connectivity index (χ2n) is 5.65. The van der Waals surface area contributed by atoms with E-state index in [0.29, 0.717) is 11.3 Å². The molecule has 0 bridgehead atoms. The first-order valence-electron chi connectivity index (χ1n) is 7.49. The summed E-state index contributed by atoms with van der Waals surface area (Å²) in [6.07, 6.45) is 4.31. The van der Waals surface area contributed by atoms with Crippen LogP contribution in [0.25, 0.3) is 0 Å². The molecule has 3 rings (SSSR count). The summed E-state index contributed by atoms with van der Waals surface area (Å²) in [5, 5.41) is 11.3. The van der Waals surface area contributed by atoms with E-state index in [-0.39, 0.29) is 16.5 Å². The zero-order valence-electron chi connectivity index (χ0n) is 12.0. The lowest BCUT2D eigenvalue weighted by molar-refractivity contribution is -0.384. The molecule has 1 aromatic rings. The number of likely N-dealkylation sites (tertiary alicyclic amines) is 1. The highest BCUT2D eigenvalue weighted by Crippen LogP contribution is 2.32. The molecule has 0 aliphatic carbocycles. The first-order valence-corrected chi connectivity index (χ1v) is 7.49. The van der Waals surface area contributed by atoms with Gasteiger partial charge < -0.3 is 9.80 Å². The summed E-state index contributed by atoms with van der Waals surface area (Å²) in [7, 11) is 0. The van der Waals surface area contributed by atoms with Gasteiger partial charge in [0.25, 0.3) is 11.6 Å². The van der Waals surface area contributed by atoms with E-state index >= 15 is 0 Å². The summed E-state index contributed by atoms with van der Waals surface area (Å²) in [6.45, 7) is 3.20. The van der Waals surface area contributed by atoms with E-state index in [0.717, 1.165) is 45.4 Å². The van der Waals surface area contributed by atoms with Crippen molar-refractivity contribution < 1.29 is 9.72 Å². The average molecular weight is 289 g/mol. The minimum atomic E-state index is -0.378. The molecule has 6 heteroatoms. The molecule has 0 aromatic heterocycles. The SMILES string of the molecule is O=C(c1ccc(N2CCCCC2)c([N+](=O)[O-])c1)N1CCC1. The number of benzene rings is 1. The van der Waals surface area contributed by atoms with E-state index in [4.69, 9.17) is 0 Å². The number of anilines is 1. The van der Waals surface area contributed by atoms with Crippen LogP contribution in [-0.4, -0.2) is 41.9 Å². The molecule has 2 aliphatic heterocycles. The van der Waals surface area contributed by atoms with Crippen LogP contribution in [0.15, 0.2) is 18.2 Å². The molecule has 2 fully saturated rings. The molecule has 0 unspecified atom stereocenters. The molecule has 0 N–H and O–H groups in total. The Labute approximate surface area is 123 Å². The van der Waals surface area contributed by atoms with Crippen LogP contribution in [0.3, 0.4) is 0 Å². The highest BCUT2D eigenvalue weighted by Gasteiger charge is 2.26. The largest absolute Gasteiger partial charge is 0.366 e. The smallest absolute Gasteiger partial charge is 0.293 e. The maximum absolute atomic E-state index is 12.2. The molecule has 112 valence electrons. The number of hydrogen-bond acceptors (Lipinski definition) is 4. The molecule has 1 aromatic carbocycles. The van der Waals surface area contributed by atoms with Crippen LogP contribution in [0, 0.1) is 10.1 Å². The van der Waals surface area contributed by atoms with E-state index in [1.165, 1.54) is 12.5 Å². The van der Waals surface area contributed by atoms with Gasteiger partial charge in [-0.25, -0.2) is 0 Å². The quantitative estimate of drug-likeness (QED) is 0.633. The van der Waals surface area contributed by atoms with E-state index < -0.39 is 0 Å². The number of hydrogen-bond donors (Lipinski definition) is 0. The number of piperidine rings is 1. The summed E-state index contributed by atoms with van der Waals surface area (Å²) in [5.41, 5.74) is 1.10. The minimum Gasteiger partial charge on any atom is -0.366 e. The van der Waals surface area contributed by atoms with Gasteiger partial charge in [0.05, 0.1) is 4.92 Å². The third-order valence-electron chi connectivity index (χ3n) is 4.26. The fourth-order valence-corrected chi connectivity index (χ4v) is 2.91. The Kier molecular flexibility index (Phi) is 3.77. The molecule has 2 aliphatic rings. The van der Waals surface area contributed by atoms with E-state index in [9.17, 15) is 14.9 Å². The molecular weight excluding hydrogens is 270 g/mol. The number of rotatable bonds is 3. The lowest BCUT2D eigenvalue weighted by Gasteiger charge is -2.31. The number of carbonyl (C=O) groups excluding carboxylic acids is 1. The second-order valence-corrected chi connectivity index (χ2v) is 5.65. The maximum Gasteiger partial charge on any atom is 0.293 e. The predicted molar refractivity (Wildman–Crippen MR) is 79.7 cm³/mol.